The summed E-state index contributed by atoms with van der Waals surface area (Å²) in [5.41, 5.74) is 0. The van der Waals surface area contributed by atoms with Gasteiger partial charge in [-0.05, 0) is 12.1 Å². The molecule has 3 nitrogen and oxygen atoms in total. The second-order valence-electron chi connectivity index (χ2n) is 2.30. The molecule has 0 fully saturated rings. The minimum absolute atomic E-state index is 0.627. The van der Waals surface area contributed by atoms with Crippen LogP contribution in [0.5, 0.6) is 17.2 Å². The van der Waals surface area contributed by atoms with Gasteiger partial charge in [-0.2, -0.15) is 0 Å². The smallest absolute Gasteiger partial charge is 0.210 e. The number of methoxy groups -OCH3 is 1. The van der Waals surface area contributed by atoms with Crippen LogP contribution in [0.1, 0.15) is 0 Å². The fourth-order valence-electron chi connectivity index (χ4n) is 1.06. The highest BCUT2D eigenvalue weighted by Crippen LogP contribution is 2.38. The van der Waals surface area contributed by atoms with Gasteiger partial charge in [-0.25, -0.2) is 0 Å². The Hall–Kier alpha value is -1.64. The molecule has 0 aromatic heterocycles. The van der Waals surface area contributed by atoms with Crippen LogP contribution in [-0.4, -0.2) is 7.11 Å². The van der Waals surface area contributed by atoms with Crippen molar-refractivity contribution >= 4 is 0 Å². The Morgan fingerprint density at radius 3 is 2.83 bits per heavy atom. The molecule has 0 bridgehead atoms. The fraction of sp³-hybridized carbons (Fsp3) is 0.111. The van der Waals surface area contributed by atoms with E-state index < -0.39 is 0 Å². The third-order valence-electron chi connectivity index (χ3n) is 1.60. The van der Waals surface area contributed by atoms with Crippen LogP contribution in [0.25, 0.3) is 0 Å². The summed E-state index contributed by atoms with van der Waals surface area (Å²) in [4.78, 5) is 0. The van der Waals surface area contributed by atoms with Crippen molar-refractivity contribution in [3.05, 3.63) is 30.7 Å². The highest BCUT2D eigenvalue weighted by Gasteiger charge is 2.12. The van der Waals surface area contributed by atoms with Gasteiger partial charge in [0.1, 0.15) is 12.5 Å². The SMILES string of the molecule is COc1cccc2c1OC=CO2. The molecular formula is C9H8O3. The largest absolute Gasteiger partial charge is 0.493 e. The normalized spacial score (nSPS) is 12.8. The van der Waals surface area contributed by atoms with Gasteiger partial charge in [0.25, 0.3) is 0 Å². The van der Waals surface area contributed by atoms with Crippen molar-refractivity contribution in [1.82, 2.24) is 0 Å². The average Bonchev–Trinajstić information content (AvgIpc) is 2.17. The van der Waals surface area contributed by atoms with E-state index >= 15 is 0 Å². The Kier molecular flexibility index (Phi) is 1.63. The number of hydrogen-bond acceptors (Lipinski definition) is 3. The van der Waals surface area contributed by atoms with Crippen molar-refractivity contribution in [1.29, 1.82) is 0 Å². The van der Waals surface area contributed by atoms with Crippen LogP contribution >= 0.6 is 0 Å². The van der Waals surface area contributed by atoms with Crippen LogP contribution in [-0.2, 0) is 0 Å². The van der Waals surface area contributed by atoms with Crippen molar-refractivity contribution < 1.29 is 14.2 Å². The summed E-state index contributed by atoms with van der Waals surface area (Å²) in [6.45, 7) is 0. The summed E-state index contributed by atoms with van der Waals surface area (Å²) >= 11 is 0. The number of rotatable bonds is 1. The molecule has 2 rings (SSSR count). The molecule has 0 saturated heterocycles. The zero-order valence-electron chi connectivity index (χ0n) is 6.61. The Morgan fingerprint density at radius 1 is 1.17 bits per heavy atom. The van der Waals surface area contributed by atoms with Gasteiger partial charge in [0.2, 0.25) is 5.75 Å². The van der Waals surface area contributed by atoms with E-state index in [1.807, 2.05) is 18.2 Å². The van der Waals surface area contributed by atoms with Gasteiger partial charge in [0.15, 0.2) is 11.5 Å². The lowest BCUT2D eigenvalue weighted by atomic mass is 10.3. The van der Waals surface area contributed by atoms with E-state index in [0.29, 0.717) is 17.2 Å². The molecule has 0 atom stereocenters. The van der Waals surface area contributed by atoms with Crippen molar-refractivity contribution in [2.75, 3.05) is 7.11 Å². The molecule has 0 aliphatic carbocycles. The van der Waals surface area contributed by atoms with Gasteiger partial charge >= 0.3 is 0 Å². The lowest BCUT2D eigenvalue weighted by Crippen LogP contribution is -1.98. The quantitative estimate of drug-likeness (QED) is 0.634. The van der Waals surface area contributed by atoms with Gasteiger partial charge in [0.05, 0.1) is 7.11 Å². The van der Waals surface area contributed by atoms with Crippen LogP contribution in [0.2, 0.25) is 0 Å². The molecule has 62 valence electrons. The zero-order chi connectivity index (χ0) is 8.39. The Morgan fingerprint density at radius 2 is 2.00 bits per heavy atom. The molecule has 3 heteroatoms. The zero-order valence-corrected chi connectivity index (χ0v) is 6.61. The second-order valence-corrected chi connectivity index (χ2v) is 2.30. The first-order valence-electron chi connectivity index (χ1n) is 3.57. The molecule has 0 unspecified atom stereocenters. The average molecular weight is 164 g/mol. The highest BCUT2D eigenvalue weighted by atomic mass is 16.6. The first-order chi connectivity index (χ1) is 5.92. The van der Waals surface area contributed by atoms with E-state index in [1.165, 1.54) is 12.5 Å². The predicted octanol–water partition coefficient (Wildman–Crippen LogP) is 1.94. The van der Waals surface area contributed by atoms with E-state index in [1.54, 1.807) is 7.11 Å². The Bertz CT molecular complexity index is 318. The second kappa shape index (κ2) is 2.77. The maximum absolute atomic E-state index is 5.21. The van der Waals surface area contributed by atoms with Crippen LogP contribution in [0.4, 0.5) is 0 Å². The standard InChI is InChI=1S/C9H8O3/c1-10-7-3-2-4-8-9(7)12-6-5-11-8/h2-6H,1H3. The first kappa shape index (κ1) is 7.03. The molecule has 0 radical (unpaired) electrons. The Balaban J connectivity index is 2.48. The molecule has 0 N–H and O–H groups in total. The lowest BCUT2D eigenvalue weighted by molar-refractivity contribution is 0.329. The van der Waals surface area contributed by atoms with Gasteiger partial charge in [-0.1, -0.05) is 6.07 Å². The predicted molar refractivity (Wildman–Crippen MR) is 43.4 cm³/mol. The monoisotopic (exact) mass is 164 g/mol. The summed E-state index contributed by atoms with van der Waals surface area (Å²) in [5.74, 6) is 1.98. The number of hydrogen-bond donors (Lipinski definition) is 0. The third kappa shape index (κ3) is 0.993. The summed E-state index contributed by atoms with van der Waals surface area (Å²) < 4.78 is 15.5. The maximum Gasteiger partial charge on any atom is 0.210 e. The van der Waals surface area contributed by atoms with Crippen molar-refractivity contribution in [2.24, 2.45) is 0 Å². The summed E-state index contributed by atoms with van der Waals surface area (Å²) in [7, 11) is 1.59. The van der Waals surface area contributed by atoms with Gasteiger partial charge < -0.3 is 14.2 Å². The number of fused-ring (bicyclic) bond motifs is 1. The fourth-order valence-corrected chi connectivity index (χ4v) is 1.06. The topological polar surface area (TPSA) is 27.7 Å². The molecule has 0 saturated carbocycles. The summed E-state index contributed by atoms with van der Waals surface area (Å²) in [6, 6.07) is 5.49. The minimum atomic E-state index is 0.627. The Labute approximate surface area is 70.2 Å². The number of benzene rings is 1. The van der Waals surface area contributed by atoms with E-state index in [4.69, 9.17) is 14.2 Å². The molecule has 1 aliphatic rings. The van der Waals surface area contributed by atoms with Crippen LogP contribution < -0.4 is 14.2 Å². The van der Waals surface area contributed by atoms with E-state index in [2.05, 4.69) is 0 Å². The molecular weight excluding hydrogens is 156 g/mol. The molecule has 1 heterocycles. The van der Waals surface area contributed by atoms with Gasteiger partial charge in [0, 0.05) is 0 Å². The van der Waals surface area contributed by atoms with E-state index in [-0.39, 0.29) is 0 Å². The van der Waals surface area contributed by atoms with E-state index in [9.17, 15) is 0 Å². The molecule has 1 aromatic rings. The maximum atomic E-state index is 5.21. The van der Waals surface area contributed by atoms with Gasteiger partial charge in [-0.3, -0.25) is 0 Å². The van der Waals surface area contributed by atoms with Crippen molar-refractivity contribution in [2.45, 2.75) is 0 Å². The van der Waals surface area contributed by atoms with Crippen molar-refractivity contribution in [3.63, 3.8) is 0 Å². The number of para-hydroxylation sites is 1. The van der Waals surface area contributed by atoms with Crippen LogP contribution in [0.15, 0.2) is 30.7 Å². The highest BCUT2D eigenvalue weighted by molar-refractivity contribution is 5.52. The number of ether oxygens (including phenoxy) is 3. The summed E-state index contributed by atoms with van der Waals surface area (Å²) in [5, 5.41) is 0. The molecule has 0 spiro atoms. The van der Waals surface area contributed by atoms with Gasteiger partial charge in [-0.15, -0.1) is 0 Å². The van der Waals surface area contributed by atoms with Crippen LogP contribution in [0.3, 0.4) is 0 Å². The molecule has 1 aromatic carbocycles. The summed E-state index contributed by atoms with van der Waals surface area (Å²) in [6.07, 6.45) is 2.96. The molecule has 0 amide bonds. The van der Waals surface area contributed by atoms with Crippen LogP contribution in [0, 0.1) is 0 Å². The molecule has 12 heavy (non-hydrogen) atoms. The molecule has 1 aliphatic heterocycles. The minimum Gasteiger partial charge on any atom is -0.493 e. The lowest BCUT2D eigenvalue weighted by Gasteiger charge is -2.14. The third-order valence-corrected chi connectivity index (χ3v) is 1.60. The van der Waals surface area contributed by atoms with E-state index in [0.717, 1.165) is 0 Å². The van der Waals surface area contributed by atoms with Crippen molar-refractivity contribution in [3.8, 4) is 17.2 Å². The first-order valence-corrected chi connectivity index (χ1v) is 3.57.